The molecule has 2 aromatic carbocycles. The van der Waals surface area contributed by atoms with E-state index in [1.807, 2.05) is 43.3 Å². The van der Waals surface area contributed by atoms with Crippen molar-refractivity contribution >= 4 is 17.5 Å². The first-order valence-electron chi connectivity index (χ1n) is 10.6. The molecule has 1 aromatic heterocycles. The van der Waals surface area contributed by atoms with E-state index in [4.69, 9.17) is 9.47 Å². The Morgan fingerprint density at radius 1 is 1.16 bits per heavy atom. The normalized spacial score (nSPS) is 15.3. The van der Waals surface area contributed by atoms with E-state index < -0.39 is 11.8 Å². The molecule has 0 spiro atoms. The maximum atomic E-state index is 12.3. The molecule has 1 fully saturated rings. The number of carbonyl (C=O) groups excluding carboxylic acids is 2. The van der Waals surface area contributed by atoms with Crippen LogP contribution in [-0.4, -0.2) is 41.8 Å². The Morgan fingerprint density at radius 2 is 2.00 bits per heavy atom. The lowest BCUT2D eigenvalue weighted by atomic mass is 10.1. The molecule has 4 rings (SSSR count). The number of benzene rings is 2. The summed E-state index contributed by atoms with van der Waals surface area (Å²) in [5.74, 6) is -0.342. The van der Waals surface area contributed by atoms with Gasteiger partial charge in [-0.15, -0.1) is 0 Å². The van der Waals surface area contributed by atoms with Crippen molar-refractivity contribution in [2.45, 2.75) is 19.9 Å². The van der Waals surface area contributed by atoms with Gasteiger partial charge in [0.15, 0.2) is 0 Å². The number of nitrogens with one attached hydrogen (secondary N) is 3. The van der Waals surface area contributed by atoms with Gasteiger partial charge in [-0.05, 0) is 48.7 Å². The standard InChI is InChI=1S/C24H26N4O4/c1-16-2-3-19(22(12-16)32-15-17-9-11-31-14-17)13-25-23(29)24(30)27-20-6-4-18(5-7-20)21-8-10-26-28-21/h2-8,10,12,17H,9,11,13-15H2,1H3,(H,25,29)(H,26,28)(H,27,30). The molecule has 8 nitrogen and oxygen atoms in total. The lowest BCUT2D eigenvalue weighted by Crippen LogP contribution is -2.35. The number of hydrogen-bond donors (Lipinski definition) is 3. The smallest absolute Gasteiger partial charge is 0.313 e. The first-order valence-corrected chi connectivity index (χ1v) is 10.6. The van der Waals surface area contributed by atoms with E-state index in [0.29, 0.717) is 30.6 Å². The molecule has 1 aliphatic heterocycles. The molecular weight excluding hydrogens is 408 g/mol. The second kappa shape index (κ2) is 10.1. The molecule has 32 heavy (non-hydrogen) atoms. The van der Waals surface area contributed by atoms with Gasteiger partial charge in [0.05, 0.1) is 18.9 Å². The van der Waals surface area contributed by atoms with Gasteiger partial charge in [0.2, 0.25) is 0 Å². The van der Waals surface area contributed by atoms with E-state index in [1.165, 1.54) is 0 Å². The van der Waals surface area contributed by atoms with E-state index >= 15 is 0 Å². The number of rotatable bonds is 7. The van der Waals surface area contributed by atoms with Crippen LogP contribution in [0, 0.1) is 12.8 Å². The average Bonchev–Trinajstić information content (AvgIpc) is 3.52. The van der Waals surface area contributed by atoms with Crippen LogP contribution in [-0.2, 0) is 20.9 Å². The lowest BCUT2D eigenvalue weighted by Gasteiger charge is -2.15. The fourth-order valence-electron chi connectivity index (χ4n) is 3.46. The third-order valence-electron chi connectivity index (χ3n) is 5.32. The van der Waals surface area contributed by atoms with Crippen molar-refractivity contribution < 1.29 is 19.1 Å². The summed E-state index contributed by atoms with van der Waals surface area (Å²) < 4.78 is 11.4. The first kappa shape index (κ1) is 21.6. The summed E-state index contributed by atoms with van der Waals surface area (Å²) in [5, 5.41) is 12.1. The third kappa shape index (κ3) is 5.53. The zero-order valence-electron chi connectivity index (χ0n) is 17.9. The van der Waals surface area contributed by atoms with Crippen LogP contribution in [0.25, 0.3) is 11.3 Å². The molecule has 3 aromatic rings. The third-order valence-corrected chi connectivity index (χ3v) is 5.32. The molecular formula is C24H26N4O4. The van der Waals surface area contributed by atoms with Gasteiger partial charge in [0, 0.05) is 36.5 Å². The first-order chi connectivity index (χ1) is 15.6. The number of nitrogens with zero attached hydrogens (tertiary/aromatic N) is 1. The van der Waals surface area contributed by atoms with Crippen LogP contribution in [0.5, 0.6) is 5.75 Å². The second-order valence-electron chi connectivity index (χ2n) is 7.84. The van der Waals surface area contributed by atoms with Gasteiger partial charge in [0.25, 0.3) is 0 Å². The molecule has 0 radical (unpaired) electrons. The minimum absolute atomic E-state index is 0.196. The minimum atomic E-state index is -0.725. The summed E-state index contributed by atoms with van der Waals surface area (Å²) in [6.07, 6.45) is 2.66. The van der Waals surface area contributed by atoms with Gasteiger partial charge >= 0.3 is 11.8 Å². The maximum Gasteiger partial charge on any atom is 0.313 e. The molecule has 0 aliphatic carbocycles. The number of anilines is 1. The fraction of sp³-hybridized carbons (Fsp3) is 0.292. The van der Waals surface area contributed by atoms with Gasteiger partial charge in [-0.3, -0.25) is 14.7 Å². The van der Waals surface area contributed by atoms with Crippen molar-refractivity contribution in [3.05, 3.63) is 65.9 Å². The van der Waals surface area contributed by atoms with E-state index in [9.17, 15) is 9.59 Å². The van der Waals surface area contributed by atoms with Gasteiger partial charge in [-0.1, -0.05) is 24.3 Å². The summed E-state index contributed by atoms with van der Waals surface area (Å²) in [4.78, 5) is 24.6. The maximum absolute atomic E-state index is 12.3. The second-order valence-corrected chi connectivity index (χ2v) is 7.84. The highest BCUT2D eigenvalue weighted by Crippen LogP contribution is 2.23. The molecule has 3 N–H and O–H groups in total. The summed E-state index contributed by atoms with van der Waals surface area (Å²) in [6, 6.07) is 14.8. The van der Waals surface area contributed by atoms with Crippen LogP contribution in [0.15, 0.2) is 54.7 Å². The Balaban J connectivity index is 1.31. The fourth-order valence-corrected chi connectivity index (χ4v) is 3.46. The van der Waals surface area contributed by atoms with Gasteiger partial charge < -0.3 is 20.1 Å². The van der Waals surface area contributed by atoms with Crippen LogP contribution >= 0.6 is 0 Å². The molecule has 2 heterocycles. The van der Waals surface area contributed by atoms with Crippen molar-refractivity contribution in [3.63, 3.8) is 0 Å². The molecule has 166 valence electrons. The monoisotopic (exact) mass is 434 g/mol. The van der Waals surface area contributed by atoms with Crippen LogP contribution < -0.4 is 15.4 Å². The van der Waals surface area contributed by atoms with Crippen molar-refractivity contribution in [1.82, 2.24) is 15.5 Å². The van der Waals surface area contributed by atoms with Gasteiger partial charge in [-0.2, -0.15) is 5.10 Å². The van der Waals surface area contributed by atoms with Crippen LogP contribution in [0.4, 0.5) is 5.69 Å². The molecule has 1 saturated heterocycles. The topological polar surface area (TPSA) is 105 Å². The van der Waals surface area contributed by atoms with E-state index in [-0.39, 0.29) is 6.54 Å². The lowest BCUT2D eigenvalue weighted by molar-refractivity contribution is -0.136. The Labute approximate surface area is 186 Å². The molecule has 1 aliphatic rings. The Kier molecular flexibility index (Phi) is 6.81. The predicted molar refractivity (Wildman–Crippen MR) is 120 cm³/mol. The molecule has 1 atom stereocenters. The number of carbonyl (C=O) groups is 2. The minimum Gasteiger partial charge on any atom is -0.493 e. The van der Waals surface area contributed by atoms with E-state index in [0.717, 1.165) is 35.4 Å². The SMILES string of the molecule is Cc1ccc(CNC(=O)C(=O)Nc2ccc(-c3ccn[nH]3)cc2)c(OCC2CCOC2)c1. The van der Waals surface area contributed by atoms with Crippen LogP contribution in [0.1, 0.15) is 17.5 Å². The average molecular weight is 434 g/mol. The Hall–Kier alpha value is -3.65. The molecule has 0 bridgehead atoms. The predicted octanol–water partition coefficient (Wildman–Crippen LogP) is 3.06. The van der Waals surface area contributed by atoms with Gasteiger partial charge in [-0.25, -0.2) is 0 Å². The number of aromatic nitrogens is 2. The highest BCUT2D eigenvalue weighted by Gasteiger charge is 2.18. The van der Waals surface area contributed by atoms with Gasteiger partial charge in [0.1, 0.15) is 5.75 Å². The van der Waals surface area contributed by atoms with Crippen molar-refractivity contribution in [2.24, 2.45) is 5.92 Å². The zero-order valence-corrected chi connectivity index (χ0v) is 17.9. The Bertz CT molecular complexity index is 1060. The van der Waals surface area contributed by atoms with E-state index in [1.54, 1.807) is 18.3 Å². The van der Waals surface area contributed by atoms with Crippen molar-refractivity contribution in [2.75, 3.05) is 25.1 Å². The zero-order chi connectivity index (χ0) is 22.3. The number of hydrogen-bond acceptors (Lipinski definition) is 5. The number of aryl methyl sites for hydroxylation is 1. The number of aromatic amines is 1. The largest absolute Gasteiger partial charge is 0.493 e. The quantitative estimate of drug-likeness (QED) is 0.496. The number of amides is 2. The summed E-state index contributed by atoms with van der Waals surface area (Å²) in [5.41, 5.74) is 4.22. The van der Waals surface area contributed by atoms with Crippen LogP contribution in [0.2, 0.25) is 0 Å². The summed E-state index contributed by atoms with van der Waals surface area (Å²) >= 11 is 0. The molecule has 2 amide bonds. The molecule has 8 heteroatoms. The van der Waals surface area contributed by atoms with Crippen LogP contribution in [0.3, 0.4) is 0 Å². The van der Waals surface area contributed by atoms with Crippen molar-refractivity contribution in [1.29, 1.82) is 0 Å². The highest BCUT2D eigenvalue weighted by atomic mass is 16.5. The summed E-state index contributed by atoms with van der Waals surface area (Å²) in [7, 11) is 0. The number of ether oxygens (including phenoxy) is 2. The number of H-pyrrole nitrogens is 1. The summed E-state index contributed by atoms with van der Waals surface area (Å²) in [6.45, 7) is 4.23. The highest BCUT2D eigenvalue weighted by molar-refractivity contribution is 6.39. The van der Waals surface area contributed by atoms with Crippen molar-refractivity contribution in [3.8, 4) is 17.0 Å². The Morgan fingerprint density at radius 3 is 2.72 bits per heavy atom. The van der Waals surface area contributed by atoms with E-state index in [2.05, 4.69) is 20.8 Å². The molecule has 0 saturated carbocycles. The molecule has 1 unspecified atom stereocenters.